The van der Waals surface area contributed by atoms with E-state index in [0.29, 0.717) is 16.5 Å². The molecule has 2 aromatic carbocycles. The van der Waals surface area contributed by atoms with Crippen molar-refractivity contribution in [2.45, 2.75) is 6.92 Å². The quantitative estimate of drug-likeness (QED) is 0.689. The fraction of sp³-hybridized carbons (Fsp3) is 0.111. The molecular formula is C18H15NO3. The third kappa shape index (κ3) is 2.76. The number of hydrogen-bond acceptors (Lipinski definition) is 4. The van der Waals surface area contributed by atoms with Gasteiger partial charge in [0.15, 0.2) is 0 Å². The maximum absolute atomic E-state index is 12.4. The molecule has 0 radical (unpaired) electrons. The molecule has 0 saturated heterocycles. The minimum atomic E-state index is -0.0813. The molecule has 3 aromatic rings. The summed E-state index contributed by atoms with van der Waals surface area (Å²) >= 11 is 0. The molecule has 22 heavy (non-hydrogen) atoms. The van der Waals surface area contributed by atoms with Crippen LogP contribution in [0.4, 0.5) is 5.69 Å². The molecule has 0 saturated carbocycles. The van der Waals surface area contributed by atoms with E-state index in [1.165, 1.54) is 12.5 Å². The van der Waals surface area contributed by atoms with Gasteiger partial charge in [-0.1, -0.05) is 11.6 Å². The van der Waals surface area contributed by atoms with Gasteiger partial charge in [0.05, 0.1) is 23.7 Å². The van der Waals surface area contributed by atoms with Crippen molar-refractivity contribution in [3.63, 3.8) is 0 Å². The predicted molar refractivity (Wildman–Crippen MR) is 87.5 cm³/mol. The highest BCUT2D eigenvalue weighted by Gasteiger charge is 2.05. The molecule has 0 unspecified atom stereocenters. The van der Waals surface area contributed by atoms with Crippen LogP contribution in [0.15, 0.2) is 62.9 Å². The Morgan fingerprint density at radius 2 is 1.91 bits per heavy atom. The average molecular weight is 293 g/mol. The largest absolute Gasteiger partial charge is 0.497 e. The Kier molecular flexibility index (Phi) is 3.74. The molecule has 0 aliphatic carbocycles. The van der Waals surface area contributed by atoms with Gasteiger partial charge in [0.1, 0.15) is 17.6 Å². The normalized spacial score (nSPS) is 11.2. The lowest BCUT2D eigenvalue weighted by Gasteiger charge is -2.00. The zero-order chi connectivity index (χ0) is 15.5. The maximum atomic E-state index is 12.4. The van der Waals surface area contributed by atoms with Gasteiger partial charge in [-0.15, -0.1) is 0 Å². The SMILES string of the molecule is COc1ccc(N=Cc2coc3ccc(C)cc3c2=O)cc1. The lowest BCUT2D eigenvalue weighted by Crippen LogP contribution is -2.07. The summed E-state index contributed by atoms with van der Waals surface area (Å²) in [6.07, 6.45) is 2.96. The van der Waals surface area contributed by atoms with Crippen molar-refractivity contribution in [1.82, 2.24) is 0 Å². The molecule has 0 atom stereocenters. The molecule has 110 valence electrons. The Bertz CT molecular complexity index is 892. The molecule has 0 bridgehead atoms. The Morgan fingerprint density at radius 3 is 2.64 bits per heavy atom. The third-order valence-electron chi connectivity index (χ3n) is 3.38. The molecule has 0 fully saturated rings. The Labute approximate surface area is 127 Å². The average Bonchev–Trinajstić information content (AvgIpc) is 2.55. The highest BCUT2D eigenvalue weighted by atomic mass is 16.5. The summed E-state index contributed by atoms with van der Waals surface area (Å²) in [6.45, 7) is 1.94. The highest BCUT2D eigenvalue weighted by molar-refractivity contribution is 5.87. The van der Waals surface area contributed by atoms with Gasteiger partial charge in [0.25, 0.3) is 0 Å². The summed E-state index contributed by atoms with van der Waals surface area (Å²) in [5.74, 6) is 0.764. The molecule has 1 aromatic heterocycles. The number of aryl methyl sites for hydroxylation is 1. The van der Waals surface area contributed by atoms with Gasteiger partial charge in [-0.2, -0.15) is 0 Å². The van der Waals surface area contributed by atoms with Gasteiger partial charge in [0, 0.05) is 6.21 Å². The van der Waals surface area contributed by atoms with Gasteiger partial charge in [-0.3, -0.25) is 9.79 Å². The maximum Gasteiger partial charge on any atom is 0.201 e. The Balaban J connectivity index is 1.97. The van der Waals surface area contributed by atoms with Crippen molar-refractivity contribution in [2.75, 3.05) is 7.11 Å². The van der Waals surface area contributed by atoms with Crippen LogP contribution in [0.1, 0.15) is 11.1 Å². The zero-order valence-electron chi connectivity index (χ0n) is 12.4. The topological polar surface area (TPSA) is 51.8 Å². The number of nitrogens with zero attached hydrogens (tertiary/aromatic N) is 1. The van der Waals surface area contributed by atoms with Crippen LogP contribution in [-0.4, -0.2) is 13.3 Å². The minimum absolute atomic E-state index is 0.0813. The van der Waals surface area contributed by atoms with Gasteiger partial charge < -0.3 is 9.15 Å². The van der Waals surface area contributed by atoms with Crippen LogP contribution >= 0.6 is 0 Å². The lowest BCUT2D eigenvalue weighted by molar-refractivity contribution is 0.415. The summed E-state index contributed by atoms with van der Waals surface area (Å²) in [5.41, 5.74) is 2.68. The number of ether oxygens (including phenoxy) is 1. The second kappa shape index (κ2) is 5.85. The summed E-state index contributed by atoms with van der Waals surface area (Å²) in [4.78, 5) is 16.7. The second-order valence-corrected chi connectivity index (χ2v) is 4.98. The van der Waals surface area contributed by atoms with E-state index in [9.17, 15) is 4.79 Å². The van der Waals surface area contributed by atoms with Crippen molar-refractivity contribution >= 4 is 22.9 Å². The van der Waals surface area contributed by atoms with Crippen molar-refractivity contribution in [3.8, 4) is 5.75 Å². The summed E-state index contributed by atoms with van der Waals surface area (Å²) in [5, 5.41) is 0.568. The minimum Gasteiger partial charge on any atom is -0.497 e. The number of methoxy groups -OCH3 is 1. The second-order valence-electron chi connectivity index (χ2n) is 4.98. The van der Waals surface area contributed by atoms with Gasteiger partial charge in [0.2, 0.25) is 5.43 Å². The first-order valence-corrected chi connectivity index (χ1v) is 6.87. The molecule has 0 N–H and O–H groups in total. The van der Waals surface area contributed by atoms with Crippen LogP contribution in [0.5, 0.6) is 5.75 Å². The van der Waals surface area contributed by atoms with Gasteiger partial charge >= 0.3 is 0 Å². The molecule has 4 heteroatoms. The van der Waals surface area contributed by atoms with E-state index in [4.69, 9.17) is 9.15 Å². The van der Waals surface area contributed by atoms with Crippen LogP contribution in [0, 0.1) is 6.92 Å². The highest BCUT2D eigenvalue weighted by Crippen LogP contribution is 2.18. The van der Waals surface area contributed by atoms with E-state index in [1.807, 2.05) is 43.3 Å². The number of hydrogen-bond donors (Lipinski definition) is 0. The first-order valence-electron chi connectivity index (χ1n) is 6.87. The Morgan fingerprint density at radius 1 is 1.14 bits per heavy atom. The van der Waals surface area contributed by atoms with Gasteiger partial charge in [-0.05, 0) is 43.3 Å². The van der Waals surface area contributed by atoms with E-state index < -0.39 is 0 Å². The van der Waals surface area contributed by atoms with E-state index in [-0.39, 0.29) is 5.43 Å². The molecule has 0 aliphatic heterocycles. The van der Waals surface area contributed by atoms with Crippen LogP contribution in [0.3, 0.4) is 0 Å². The van der Waals surface area contributed by atoms with Gasteiger partial charge in [-0.25, -0.2) is 0 Å². The van der Waals surface area contributed by atoms with E-state index in [1.54, 1.807) is 13.2 Å². The number of rotatable bonds is 3. The van der Waals surface area contributed by atoms with Crippen LogP contribution < -0.4 is 10.2 Å². The predicted octanol–water partition coefficient (Wildman–Crippen LogP) is 3.86. The molecule has 1 heterocycles. The van der Waals surface area contributed by atoms with E-state index >= 15 is 0 Å². The first-order chi connectivity index (χ1) is 10.7. The molecular weight excluding hydrogens is 278 g/mol. The molecule has 4 nitrogen and oxygen atoms in total. The standard InChI is InChI=1S/C18H15NO3/c1-12-3-8-17-16(9-12)18(20)13(11-22-17)10-19-14-4-6-15(21-2)7-5-14/h3-11H,1-2H3. The van der Waals surface area contributed by atoms with Crippen LogP contribution in [0.2, 0.25) is 0 Å². The summed E-state index contributed by atoms with van der Waals surface area (Å²) in [7, 11) is 1.61. The van der Waals surface area contributed by atoms with E-state index in [0.717, 1.165) is 17.0 Å². The van der Waals surface area contributed by atoms with Crippen molar-refractivity contribution in [1.29, 1.82) is 0 Å². The zero-order valence-corrected chi connectivity index (χ0v) is 12.4. The third-order valence-corrected chi connectivity index (χ3v) is 3.38. The first kappa shape index (κ1) is 14.1. The number of aliphatic imine (C=N–C) groups is 1. The molecule has 0 amide bonds. The van der Waals surface area contributed by atoms with Crippen molar-refractivity contribution in [3.05, 3.63) is 70.1 Å². The molecule has 0 spiro atoms. The Hall–Kier alpha value is -2.88. The van der Waals surface area contributed by atoms with Crippen molar-refractivity contribution in [2.24, 2.45) is 4.99 Å². The lowest BCUT2D eigenvalue weighted by atomic mass is 10.1. The fourth-order valence-electron chi connectivity index (χ4n) is 2.16. The number of fused-ring (bicyclic) bond motifs is 1. The number of benzene rings is 2. The van der Waals surface area contributed by atoms with E-state index in [2.05, 4.69) is 4.99 Å². The van der Waals surface area contributed by atoms with Crippen LogP contribution in [-0.2, 0) is 0 Å². The van der Waals surface area contributed by atoms with Crippen molar-refractivity contribution < 1.29 is 9.15 Å². The molecule has 0 aliphatic rings. The monoisotopic (exact) mass is 293 g/mol. The summed E-state index contributed by atoms with van der Waals surface area (Å²) < 4.78 is 10.6. The smallest absolute Gasteiger partial charge is 0.201 e. The van der Waals surface area contributed by atoms with Crippen LogP contribution in [0.25, 0.3) is 11.0 Å². The summed E-state index contributed by atoms with van der Waals surface area (Å²) in [6, 6.07) is 12.8. The molecule has 3 rings (SSSR count). The fourth-order valence-corrected chi connectivity index (χ4v) is 2.16.